The van der Waals surface area contributed by atoms with Gasteiger partial charge < -0.3 is 10.5 Å². The van der Waals surface area contributed by atoms with Gasteiger partial charge in [-0.05, 0) is 13.0 Å². The lowest BCUT2D eigenvalue weighted by Gasteiger charge is -2.13. The van der Waals surface area contributed by atoms with E-state index < -0.39 is 11.7 Å². The van der Waals surface area contributed by atoms with Gasteiger partial charge in [-0.2, -0.15) is 13.2 Å². The Kier molecular flexibility index (Phi) is 3.98. The highest BCUT2D eigenvalue weighted by molar-refractivity contribution is 6.31. The van der Waals surface area contributed by atoms with Gasteiger partial charge in [-0.1, -0.05) is 11.6 Å². The van der Waals surface area contributed by atoms with Gasteiger partial charge in [-0.3, -0.25) is 0 Å². The Labute approximate surface area is 95.4 Å². The monoisotopic (exact) mass is 254 g/mol. The number of pyridine rings is 1. The molecule has 1 atom stereocenters. The molecule has 0 unspecified atom stereocenters. The third kappa shape index (κ3) is 3.24. The quantitative estimate of drug-likeness (QED) is 0.901. The minimum atomic E-state index is -4.46. The summed E-state index contributed by atoms with van der Waals surface area (Å²) in [7, 11) is 0. The molecule has 0 radical (unpaired) electrons. The fraction of sp³-hybridized carbons (Fsp3) is 0.444. The molecule has 0 saturated carbocycles. The number of hydrogen-bond donors (Lipinski definition) is 1. The van der Waals surface area contributed by atoms with Crippen LogP contribution in [0.2, 0.25) is 5.02 Å². The van der Waals surface area contributed by atoms with E-state index in [0.29, 0.717) is 6.20 Å². The molecule has 3 nitrogen and oxygen atoms in total. The zero-order valence-electron chi connectivity index (χ0n) is 8.38. The Morgan fingerprint density at radius 3 is 2.62 bits per heavy atom. The summed E-state index contributed by atoms with van der Waals surface area (Å²) in [6.07, 6.45) is -4.15. The van der Waals surface area contributed by atoms with Crippen LogP contribution in [0.25, 0.3) is 0 Å². The van der Waals surface area contributed by atoms with E-state index in [-0.39, 0.29) is 23.6 Å². The van der Waals surface area contributed by atoms with Crippen molar-refractivity contribution in [2.24, 2.45) is 5.73 Å². The zero-order chi connectivity index (χ0) is 12.3. The lowest BCUT2D eigenvalue weighted by Crippen LogP contribution is -2.23. The first-order chi connectivity index (χ1) is 7.34. The van der Waals surface area contributed by atoms with Crippen LogP contribution in [0.5, 0.6) is 5.88 Å². The van der Waals surface area contributed by atoms with Crippen LogP contribution in [0.4, 0.5) is 13.2 Å². The summed E-state index contributed by atoms with van der Waals surface area (Å²) in [6, 6.07) is 0.771. The van der Waals surface area contributed by atoms with E-state index in [1.807, 2.05) is 0 Å². The normalized spacial score (nSPS) is 13.6. The van der Waals surface area contributed by atoms with E-state index >= 15 is 0 Å². The minimum Gasteiger partial charge on any atom is -0.472 e. The molecule has 0 aliphatic heterocycles. The van der Waals surface area contributed by atoms with Crippen LogP contribution in [0, 0.1) is 0 Å². The van der Waals surface area contributed by atoms with Gasteiger partial charge in [-0.25, -0.2) is 4.98 Å². The Morgan fingerprint density at radius 2 is 2.19 bits per heavy atom. The molecular weight excluding hydrogens is 245 g/mol. The third-order valence-corrected chi connectivity index (χ3v) is 2.05. The molecule has 0 aliphatic carbocycles. The fourth-order valence-corrected chi connectivity index (χ4v) is 1.12. The standard InChI is InChI=1S/C9H10ClF3N2O/c1-5(3-14)16-8-7(10)2-6(4-15-8)9(11,12)13/h2,4-5H,3,14H2,1H3/t5-/m0/s1. The topological polar surface area (TPSA) is 48.1 Å². The average Bonchev–Trinajstić information content (AvgIpc) is 2.19. The van der Waals surface area contributed by atoms with Crippen molar-refractivity contribution in [2.45, 2.75) is 19.2 Å². The molecule has 1 heterocycles. The van der Waals surface area contributed by atoms with Crippen LogP contribution in [0.1, 0.15) is 12.5 Å². The number of halogens is 4. The van der Waals surface area contributed by atoms with Gasteiger partial charge in [0.2, 0.25) is 5.88 Å². The molecule has 0 aliphatic rings. The molecular formula is C9H10ClF3N2O. The van der Waals surface area contributed by atoms with Crippen molar-refractivity contribution in [3.05, 3.63) is 22.8 Å². The minimum absolute atomic E-state index is 0.0485. The van der Waals surface area contributed by atoms with Crippen molar-refractivity contribution in [1.29, 1.82) is 0 Å². The number of aromatic nitrogens is 1. The highest BCUT2D eigenvalue weighted by Gasteiger charge is 2.31. The van der Waals surface area contributed by atoms with Crippen molar-refractivity contribution >= 4 is 11.6 Å². The SMILES string of the molecule is C[C@@H](CN)Oc1ncc(C(F)(F)F)cc1Cl. The van der Waals surface area contributed by atoms with Crippen LogP contribution in [-0.4, -0.2) is 17.6 Å². The van der Waals surface area contributed by atoms with Gasteiger partial charge in [0.25, 0.3) is 0 Å². The molecule has 90 valence electrons. The lowest BCUT2D eigenvalue weighted by atomic mass is 10.3. The number of alkyl halides is 3. The number of nitrogens with zero attached hydrogens (tertiary/aromatic N) is 1. The van der Waals surface area contributed by atoms with Crippen molar-refractivity contribution in [2.75, 3.05) is 6.54 Å². The summed E-state index contributed by atoms with van der Waals surface area (Å²) >= 11 is 5.61. The van der Waals surface area contributed by atoms with Gasteiger partial charge in [0.15, 0.2) is 0 Å². The van der Waals surface area contributed by atoms with Gasteiger partial charge >= 0.3 is 6.18 Å². The van der Waals surface area contributed by atoms with Gasteiger partial charge in [0.05, 0.1) is 5.56 Å². The first kappa shape index (κ1) is 13.1. The van der Waals surface area contributed by atoms with E-state index in [2.05, 4.69) is 4.98 Å². The summed E-state index contributed by atoms with van der Waals surface area (Å²) < 4.78 is 41.9. The van der Waals surface area contributed by atoms with E-state index in [0.717, 1.165) is 6.07 Å². The summed E-state index contributed by atoms with van der Waals surface area (Å²) in [5.41, 5.74) is 4.38. The van der Waals surface area contributed by atoms with Crippen molar-refractivity contribution in [3.63, 3.8) is 0 Å². The molecule has 16 heavy (non-hydrogen) atoms. The van der Waals surface area contributed by atoms with Crippen LogP contribution < -0.4 is 10.5 Å². The molecule has 0 spiro atoms. The smallest absolute Gasteiger partial charge is 0.417 e. The highest BCUT2D eigenvalue weighted by Crippen LogP contribution is 2.33. The molecule has 0 saturated heterocycles. The maximum Gasteiger partial charge on any atom is 0.417 e. The number of rotatable bonds is 3. The van der Waals surface area contributed by atoms with E-state index in [1.165, 1.54) is 0 Å². The summed E-state index contributed by atoms with van der Waals surface area (Å²) in [5.74, 6) is -0.0485. The van der Waals surface area contributed by atoms with Crippen molar-refractivity contribution < 1.29 is 17.9 Å². The third-order valence-electron chi connectivity index (χ3n) is 1.78. The van der Waals surface area contributed by atoms with Crippen LogP contribution in [0.3, 0.4) is 0 Å². The summed E-state index contributed by atoms with van der Waals surface area (Å²) in [5, 5.41) is -0.185. The molecule has 0 bridgehead atoms. The van der Waals surface area contributed by atoms with E-state index in [4.69, 9.17) is 22.1 Å². The van der Waals surface area contributed by atoms with Gasteiger partial charge in [-0.15, -0.1) is 0 Å². The predicted molar refractivity (Wildman–Crippen MR) is 53.4 cm³/mol. The van der Waals surface area contributed by atoms with Gasteiger partial charge in [0, 0.05) is 12.7 Å². The second kappa shape index (κ2) is 4.88. The number of ether oxygens (including phenoxy) is 1. The Morgan fingerprint density at radius 1 is 1.56 bits per heavy atom. The van der Waals surface area contributed by atoms with Crippen molar-refractivity contribution in [1.82, 2.24) is 4.98 Å². The molecule has 2 N–H and O–H groups in total. The first-order valence-electron chi connectivity index (χ1n) is 4.44. The Bertz CT molecular complexity index is 370. The molecule has 1 aromatic heterocycles. The summed E-state index contributed by atoms with van der Waals surface area (Å²) in [4.78, 5) is 3.50. The van der Waals surface area contributed by atoms with E-state index in [9.17, 15) is 13.2 Å². The molecule has 0 aromatic carbocycles. The molecule has 1 aromatic rings. The molecule has 0 amide bonds. The largest absolute Gasteiger partial charge is 0.472 e. The average molecular weight is 255 g/mol. The molecule has 1 rings (SSSR count). The lowest BCUT2D eigenvalue weighted by molar-refractivity contribution is -0.137. The first-order valence-corrected chi connectivity index (χ1v) is 4.82. The maximum atomic E-state index is 12.3. The Balaban J connectivity index is 2.92. The van der Waals surface area contributed by atoms with Gasteiger partial charge in [0.1, 0.15) is 11.1 Å². The fourth-order valence-electron chi connectivity index (χ4n) is 0.906. The maximum absolute atomic E-state index is 12.3. The highest BCUT2D eigenvalue weighted by atomic mass is 35.5. The van der Waals surface area contributed by atoms with Crippen LogP contribution in [0.15, 0.2) is 12.3 Å². The molecule has 0 fully saturated rings. The number of nitrogens with two attached hydrogens (primary N) is 1. The summed E-state index contributed by atoms with van der Waals surface area (Å²) in [6.45, 7) is 1.88. The predicted octanol–water partition coefficient (Wildman–Crippen LogP) is 2.48. The van der Waals surface area contributed by atoms with Crippen molar-refractivity contribution in [3.8, 4) is 5.88 Å². The Hall–Kier alpha value is -1.01. The van der Waals surface area contributed by atoms with Crippen LogP contribution in [-0.2, 0) is 6.18 Å². The second-order valence-electron chi connectivity index (χ2n) is 3.17. The molecule has 7 heteroatoms. The second-order valence-corrected chi connectivity index (χ2v) is 3.58. The number of hydrogen-bond acceptors (Lipinski definition) is 3. The van der Waals surface area contributed by atoms with E-state index in [1.54, 1.807) is 6.92 Å². The van der Waals surface area contributed by atoms with Crippen LogP contribution >= 0.6 is 11.6 Å². The zero-order valence-corrected chi connectivity index (χ0v) is 9.14.